The van der Waals surface area contributed by atoms with Gasteiger partial charge in [0.1, 0.15) is 0 Å². The maximum atomic E-state index is 12.1. The van der Waals surface area contributed by atoms with Crippen molar-refractivity contribution in [2.24, 2.45) is 0 Å². The van der Waals surface area contributed by atoms with Crippen LogP contribution in [-0.4, -0.2) is 23.7 Å². The standard InChI is InChI=1S/C4HF10O2P.Li/c5-1(6,7)3(11,12)17(15,16)4(13,14)2(8,9)10;/h(H,15,16);/q;+1/p-1. The summed E-state index contributed by atoms with van der Waals surface area (Å²) in [4.78, 5) is 10.1. The van der Waals surface area contributed by atoms with E-state index in [1.165, 1.54) is 0 Å². The van der Waals surface area contributed by atoms with E-state index >= 15 is 0 Å². The van der Waals surface area contributed by atoms with Crippen LogP contribution in [-0.2, 0) is 4.57 Å². The van der Waals surface area contributed by atoms with Crippen molar-refractivity contribution in [2.75, 3.05) is 0 Å². The van der Waals surface area contributed by atoms with Crippen LogP contribution in [0.15, 0.2) is 0 Å². The summed E-state index contributed by atoms with van der Waals surface area (Å²) in [7, 11) is -8.51. The Morgan fingerprint density at radius 2 is 0.833 bits per heavy atom. The molecule has 18 heavy (non-hydrogen) atoms. The summed E-state index contributed by atoms with van der Waals surface area (Å²) >= 11 is 0. The molecule has 0 atom stereocenters. The zero-order chi connectivity index (χ0) is 14.5. The van der Waals surface area contributed by atoms with E-state index in [9.17, 15) is 53.4 Å². The van der Waals surface area contributed by atoms with E-state index in [1.807, 2.05) is 0 Å². The van der Waals surface area contributed by atoms with Crippen molar-refractivity contribution >= 4 is 7.37 Å². The Kier molecular flexibility index (Phi) is 5.54. The summed E-state index contributed by atoms with van der Waals surface area (Å²) < 4.78 is 127. The van der Waals surface area contributed by atoms with E-state index in [1.54, 1.807) is 0 Å². The second-order valence-electron chi connectivity index (χ2n) is 2.63. The number of halogens is 10. The van der Waals surface area contributed by atoms with Gasteiger partial charge in [-0.1, -0.05) is 0 Å². The summed E-state index contributed by atoms with van der Waals surface area (Å²) in [6.45, 7) is 0. The van der Waals surface area contributed by atoms with Gasteiger partial charge in [-0.15, -0.1) is 0 Å². The third-order valence-corrected chi connectivity index (χ3v) is 3.41. The summed E-state index contributed by atoms with van der Waals surface area (Å²) in [5.41, 5.74) is -14.4. The zero-order valence-corrected chi connectivity index (χ0v) is 8.94. The van der Waals surface area contributed by atoms with Crippen LogP contribution in [0.2, 0.25) is 0 Å². The van der Waals surface area contributed by atoms with Gasteiger partial charge in [-0.3, -0.25) is 0 Å². The first-order valence-corrected chi connectivity index (χ1v) is 4.83. The predicted molar refractivity (Wildman–Crippen MR) is 29.6 cm³/mol. The average molecular weight is 308 g/mol. The van der Waals surface area contributed by atoms with Crippen LogP contribution in [0.25, 0.3) is 0 Å². The van der Waals surface area contributed by atoms with E-state index in [0.29, 0.717) is 0 Å². The SMILES string of the molecule is O=P([O-])(C(F)(F)C(F)(F)F)C(F)(F)C(F)(F)F.[Li+]. The molecule has 0 aliphatic heterocycles. The first-order chi connectivity index (χ1) is 7.00. The molecule has 0 heterocycles. The number of hydrogen-bond acceptors (Lipinski definition) is 2. The quantitative estimate of drug-likeness (QED) is 0.407. The predicted octanol–water partition coefficient (Wildman–Crippen LogP) is -0.0610. The van der Waals surface area contributed by atoms with Crippen molar-refractivity contribution in [3.63, 3.8) is 0 Å². The van der Waals surface area contributed by atoms with Crippen molar-refractivity contribution in [1.29, 1.82) is 0 Å². The third kappa shape index (κ3) is 2.81. The Morgan fingerprint density at radius 1 is 0.667 bits per heavy atom. The van der Waals surface area contributed by atoms with Crippen LogP contribution < -0.4 is 23.8 Å². The summed E-state index contributed by atoms with van der Waals surface area (Å²) in [6, 6.07) is 0. The van der Waals surface area contributed by atoms with Crippen molar-refractivity contribution in [2.45, 2.75) is 23.7 Å². The second kappa shape index (κ2) is 4.89. The largest absolute Gasteiger partial charge is 1.00 e. The van der Waals surface area contributed by atoms with E-state index in [0.717, 1.165) is 0 Å². The maximum absolute atomic E-state index is 12.1. The Labute approximate surface area is 104 Å². The molecule has 0 amide bonds. The second-order valence-corrected chi connectivity index (χ2v) is 4.86. The van der Waals surface area contributed by atoms with Crippen molar-refractivity contribution in [3.8, 4) is 0 Å². The van der Waals surface area contributed by atoms with E-state index in [4.69, 9.17) is 0 Å². The van der Waals surface area contributed by atoms with Crippen LogP contribution >= 0.6 is 7.37 Å². The Morgan fingerprint density at radius 3 is 0.944 bits per heavy atom. The molecule has 0 saturated heterocycles. The van der Waals surface area contributed by atoms with Gasteiger partial charge in [-0.25, -0.2) is 0 Å². The van der Waals surface area contributed by atoms with Crippen molar-refractivity contribution in [3.05, 3.63) is 0 Å². The molecule has 0 fully saturated rings. The molecule has 0 spiro atoms. The minimum Gasteiger partial charge on any atom is -0.790 e. The zero-order valence-electron chi connectivity index (χ0n) is 8.04. The molecule has 0 bridgehead atoms. The molecule has 0 aromatic heterocycles. The summed E-state index contributed by atoms with van der Waals surface area (Å²) in [6.07, 6.45) is -14.2. The number of rotatable bonds is 2. The van der Waals surface area contributed by atoms with Gasteiger partial charge in [-0.05, 0) is 0 Å². The van der Waals surface area contributed by atoms with Crippen LogP contribution in [0.3, 0.4) is 0 Å². The van der Waals surface area contributed by atoms with Crippen LogP contribution in [0.1, 0.15) is 0 Å². The van der Waals surface area contributed by atoms with Crippen LogP contribution in [0, 0.1) is 0 Å². The van der Waals surface area contributed by atoms with Gasteiger partial charge in [0.2, 0.25) is 0 Å². The van der Waals surface area contributed by atoms with Crippen LogP contribution in [0.4, 0.5) is 43.9 Å². The molecule has 0 saturated carbocycles. The minimum absolute atomic E-state index is 0. The third-order valence-electron chi connectivity index (χ3n) is 1.42. The van der Waals surface area contributed by atoms with Gasteiger partial charge in [0.05, 0.1) is 0 Å². The summed E-state index contributed by atoms with van der Waals surface area (Å²) in [5.74, 6) is 0. The summed E-state index contributed by atoms with van der Waals surface area (Å²) in [5, 5.41) is 0. The molecule has 0 N–H and O–H groups in total. The van der Waals surface area contributed by atoms with Gasteiger partial charge in [-0.2, -0.15) is 43.9 Å². The number of hydrogen-bond donors (Lipinski definition) is 0. The molecular weight excluding hydrogens is 308 g/mol. The smallest absolute Gasteiger partial charge is 0.790 e. The van der Waals surface area contributed by atoms with Gasteiger partial charge in [0.15, 0.2) is 7.37 Å². The average Bonchev–Trinajstić information content (AvgIpc) is 1.98. The topological polar surface area (TPSA) is 40.1 Å². The first kappa shape index (κ1) is 20.4. The Bertz CT molecular complexity index is 315. The molecule has 0 aromatic rings. The fourth-order valence-electron chi connectivity index (χ4n) is 0.510. The van der Waals surface area contributed by atoms with Gasteiger partial charge in [0.25, 0.3) is 0 Å². The van der Waals surface area contributed by atoms with E-state index < -0.39 is 31.0 Å². The normalized spacial score (nSPS) is 15.3. The molecule has 0 unspecified atom stereocenters. The molecular formula is C4F10LiO2P. The molecule has 2 nitrogen and oxygen atoms in total. The van der Waals surface area contributed by atoms with Crippen molar-refractivity contribution < 1.29 is 72.2 Å². The molecule has 104 valence electrons. The number of alkyl halides is 10. The van der Waals surface area contributed by atoms with Gasteiger partial charge in [0, 0.05) is 0 Å². The Balaban J connectivity index is 0. The van der Waals surface area contributed by atoms with Gasteiger partial charge >= 0.3 is 42.5 Å². The molecule has 0 rings (SSSR count). The van der Waals surface area contributed by atoms with E-state index in [-0.39, 0.29) is 18.9 Å². The first-order valence-electron chi connectivity index (χ1n) is 3.20. The van der Waals surface area contributed by atoms with Gasteiger partial charge < -0.3 is 9.46 Å². The minimum atomic E-state index is -8.51. The fourth-order valence-corrected chi connectivity index (χ4v) is 1.53. The molecule has 0 aromatic carbocycles. The van der Waals surface area contributed by atoms with E-state index in [2.05, 4.69) is 0 Å². The van der Waals surface area contributed by atoms with Crippen molar-refractivity contribution in [1.82, 2.24) is 0 Å². The molecule has 0 radical (unpaired) electrons. The van der Waals surface area contributed by atoms with Crippen LogP contribution in [0.5, 0.6) is 0 Å². The molecule has 0 aliphatic carbocycles. The fraction of sp³-hybridized carbons (Fsp3) is 1.00. The molecule has 14 heteroatoms. The maximum Gasteiger partial charge on any atom is 1.00 e. The molecule has 0 aliphatic rings. The Hall–Kier alpha value is 0.0874. The monoisotopic (exact) mass is 308 g/mol.